The van der Waals surface area contributed by atoms with Crippen molar-refractivity contribution < 1.29 is 0 Å². The van der Waals surface area contributed by atoms with E-state index in [0.717, 1.165) is 18.7 Å². The van der Waals surface area contributed by atoms with Gasteiger partial charge in [-0.15, -0.1) is 0 Å². The van der Waals surface area contributed by atoms with Gasteiger partial charge in [-0.3, -0.25) is 0 Å². The molecule has 1 atom stereocenters. The first kappa shape index (κ1) is 11.5. The fourth-order valence-corrected chi connectivity index (χ4v) is 2.79. The molecular formula is C13H19N5. The van der Waals surface area contributed by atoms with Gasteiger partial charge in [0.1, 0.15) is 0 Å². The van der Waals surface area contributed by atoms with Gasteiger partial charge in [0.15, 0.2) is 5.65 Å². The predicted octanol–water partition coefficient (Wildman–Crippen LogP) is 1.51. The number of fused-ring (bicyclic) bond motifs is 1. The number of anilines is 1. The van der Waals surface area contributed by atoms with E-state index >= 15 is 0 Å². The van der Waals surface area contributed by atoms with E-state index in [2.05, 4.69) is 21.9 Å². The van der Waals surface area contributed by atoms with Crippen molar-refractivity contribution in [3.8, 4) is 0 Å². The van der Waals surface area contributed by atoms with E-state index < -0.39 is 0 Å². The number of likely N-dealkylation sites (tertiary alicyclic amines) is 1. The van der Waals surface area contributed by atoms with Gasteiger partial charge in [-0.05, 0) is 25.9 Å². The maximum absolute atomic E-state index is 5.72. The smallest absolute Gasteiger partial charge is 0.158 e. The van der Waals surface area contributed by atoms with Gasteiger partial charge < -0.3 is 10.6 Å². The minimum atomic E-state index is 0.548. The number of hydrogen-bond donors (Lipinski definition) is 1. The lowest BCUT2D eigenvalue weighted by molar-refractivity contribution is 0.218. The minimum absolute atomic E-state index is 0.548. The van der Waals surface area contributed by atoms with Gasteiger partial charge in [0.2, 0.25) is 0 Å². The van der Waals surface area contributed by atoms with E-state index in [9.17, 15) is 0 Å². The third-order valence-corrected chi connectivity index (χ3v) is 3.80. The second kappa shape index (κ2) is 4.57. The molecule has 1 saturated heterocycles. The van der Waals surface area contributed by atoms with Gasteiger partial charge in [0.25, 0.3) is 0 Å². The number of rotatable bonds is 2. The van der Waals surface area contributed by atoms with Crippen molar-refractivity contribution in [3.05, 3.63) is 24.2 Å². The number of likely N-dealkylation sites (N-methyl/N-ethyl adjacent to an activating group) is 1. The number of nitrogens with zero attached hydrogens (tertiary/aromatic N) is 4. The molecule has 5 nitrogen and oxygen atoms in total. The number of piperidine rings is 1. The van der Waals surface area contributed by atoms with Gasteiger partial charge in [0, 0.05) is 18.0 Å². The molecule has 1 aliphatic heterocycles. The molecule has 3 rings (SSSR count). The summed E-state index contributed by atoms with van der Waals surface area (Å²) >= 11 is 0. The summed E-state index contributed by atoms with van der Waals surface area (Å²) in [5.41, 5.74) is 8.58. The van der Waals surface area contributed by atoms with Crippen LogP contribution in [-0.4, -0.2) is 39.1 Å². The fourth-order valence-electron chi connectivity index (χ4n) is 2.79. The first-order valence-electron chi connectivity index (χ1n) is 6.59. The first-order valence-corrected chi connectivity index (χ1v) is 6.59. The molecule has 3 heterocycles. The third-order valence-electron chi connectivity index (χ3n) is 3.80. The van der Waals surface area contributed by atoms with Crippen molar-refractivity contribution in [3.63, 3.8) is 0 Å². The Bertz CT molecular complexity index is 547. The van der Waals surface area contributed by atoms with Crippen molar-refractivity contribution in [1.82, 2.24) is 19.5 Å². The molecule has 0 saturated carbocycles. The van der Waals surface area contributed by atoms with Gasteiger partial charge in [-0.2, -0.15) is 5.10 Å². The van der Waals surface area contributed by atoms with Crippen LogP contribution in [0.3, 0.4) is 0 Å². The largest absolute Gasteiger partial charge is 0.396 e. The lowest BCUT2D eigenvalue weighted by Crippen LogP contribution is -2.34. The zero-order chi connectivity index (χ0) is 12.5. The van der Waals surface area contributed by atoms with Crippen LogP contribution >= 0.6 is 0 Å². The van der Waals surface area contributed by atoms with Gasteiger partial charge in [0.05, 0.1) is 24.3 Å². The highest BCUT2D eigenvalue weighted by Gasteiger charge is 2.23. The molecule has 1 fully saturated rings. The topological polar surface area (TPSA) is 59.5 Å². The summed E-state index contributed by atoms with van der Waals surface area (Å²) in [6.45, 7) is 5.67. The van der Waals surface area contributed by atoms with Crippen LogP contribution in [0, 0.1) is 0 Å². The van der Waals surface area contributed by atoms with Crippen LogP contribution in [0.5, 0.6) is 0 Å². The average Bonchev–Trinajstić information content (AvgIpc) is 2.81. The van der Waals surface area contributed by atoms with E-state index in [1.165, 1.54) is 24.9 Å². The monoisotopic (exact) mass is 245 g/mol. The highest BCUT2D eigenvalue weighted by molar-refractivity contribution is 5.51. The highest BCUT2D eigenvalue weighted by atomic mass is 15.2. The summed E-state index contributed by atoms with van der Waals surface area (Å²) in [6.07, 6.45) is 7.97. The van der Waals surface area contributed by atoms with Gasteiger partial charge in [-0.25, -0.2) is 9.50 Å². The molecule has 0 aromatic carbocycles. The van der Waals surface area contributed by atoms with Crippen LogP contribution in [0.2, 0.25) is 0 Å². The van der Waals surface area contributed by atoms with Crippen molar-refractivity contribution >= 4 is 11.3 Å². The van der Waals surface area contributed by atoms with Crippen LogP contribution in [0.15, 0.2) is 18.6 Å². The lowest BCUT2D eigenvalue weighted by atomic mass is 9.92. The Balaban J connectivity index is 1.94. The normalized spacial score (nSPS) is 21.5. The summed E-state index contributed by atoms with van der Waals surface area (Å²) in [4.78, 5) is 6.92. The van der Waals surface area contributed by atoms with Crippen LogP contribution < -0.4 is 5.73 Å². The van der Waals surface area contributed by atoms with Gasteiger partial charge in [-0.1, -0.05) is 6.92 Å². The molecule has 18 heavy (non-hydrogen) atoms. The maximum atomic E-state index is 5.72. The summed E-state index contributed by atoms with van der Waals surface area (Å²) in [5, 5.41) is 4.36. The number of hydrogen-bond acceptors (Lipinski definition) is 4. The number of nitrogen functional groups attached to an aromatic ring is 1. The molecule has 0 radical (unpaired) electrons. The summed E-state index contributed by atoms with van der Waals surface area (Å²) in [5.74, 6) is 0.548. The van der Waals surface area contributed by atoms with Crippen molar-refractivity contribution in [2.75, 3.05) is 25.4 Å². The third kappa shape index (κ3) is 1.95. The van der Waals surface area contributed by atoms with Crippen LogP contribution in [0.4, 0.5) is 5.69 Å². The van der Waals surface area contributed by atoms with Crippen molar-refractivity contribution in [2.45, 2.75) is 25.7 Å². The average molecular weight is 245 g/mol. The molecule has 0 amide bonds. The summed E-state index contributed by atoms with van der Waals surface area (Å²) in [7, 11) is 0. The predicted molar refractivity (Wildman–Crippen MR) is 71.5 cm³/mol. The molecule has 0 aliphatic carbocycles. The standard InChI is InChI=1S/C13H19N5/c1-2-17-5-3-4-10(8-17)12-7-16-18-9-11(14)6-15-13(12)18/h6-7,9-10H,2-5,8,14H2,1H3. The second-order valence-corrected chi connectivity index (χ2v) is 4.99. The molecule has 2 N–H and O–H groups in total. The Labute approximate surface area is 107 Å². The molecule has 2 aromatic heterocycles. The molecule has 0 spiro atoms. The number of nitrogens with two attached hydrogens (primary N) is 1. The van der Waals surface area contributed by atoms with E-state index in [4.69, 9.17) is 5.73 Å². The zero-order valence-corrected chi connectivity index (χ0v) is 10.7. The highest BCUT2D eigenvalue weighted by Crippen LogP contribution is 2.28. The second-order valence-electron chi connectivity index (χ2n) is 4.99. The molecule has 1 aliphatic rings. The van der Waals surface area contributed by atoms with Crippen molar-refractivity contribution in [1.29, 1.82) is 0 Å². The first-order chi connectivity index (χ1) is 8.78. The van der Waals surface area contributed by atoms with Crippen LogP contribution in [0.25, 0.3) is 5.65 Å². The molecular weight excluding hydrogens is 226 g/mol. The van der Waals surface area contributed by atoms with Crippen LogP contribution in [0.1, 0.15) is 31.2 Å². The number of aromatic nitrogens is 3. The van der Waals surface area contributed by atoms with Crippen LogP contribution in [-0.2, 0) is 0 Å². The van der Waals surface area contributed by atoms with E-state index in [1.54, 1.807) is 10.7 Å². The minimum Gasteiger partial charge on any atom is -0.396 e. The molecule has 96 valence electrons. The fraction of sp³-hybridized carbons (Fsp3) is 0.538. The van der Waals surface area contributed by atoms with E-state index in [-0.39, 0.29) is 0 Å². The summed E-state index contributed by atoms with van der Waals surface area (Å²) < 4.78 is 1.79. The van der Waals surface area contributed by atoms with Gasteiger partial charge >= 0.3 is 0 Å². The van der Waals surface area contributed by atoms with E-state index in [1.807, 2.05) is 12.4 Å². The quantitative estimate of drug-likeness (QED) is 0.871. The Morgan fingerprint density at radius 2 is 2.33 bits per heavy atom. The molecule has 1 unspecified atom stereocenters. The summed E-state index contributed by atoms with van der Waals surface area (Å²) in [6, 6.07) is 0. The Morgan fingerprint density at radius 3 is 3.17 bits per heavy atom. The zero-order valence-electron chi connectivity index (χ0n) is 10.7. The van der Waals surface area contributed by atoms with Crippen molar-refractivity contribution in [2.24, 2.45) is 0 Å². The molecule has 2 aromatic rings. The molecule has 0 bridgehead atoms. The Morgan fingerprint density at radius 1 is 1.44 bits per heavy atom. The Hall–Kier alpha value is -1.62. The molecule has 5 heteroatoms. The lowest BCUT2D eigenvalue weighted by Gasteiger charge is -2.31. The SMILES string of the molecule is CCN1CCCC(c2cnn3cc(N)cnc23)C1. The maximum Gasteiger partial charge on any atom is 0.158 e. The Kier molecular flexibility index (Phi) is 2.91. The van der Waals surface area contributed by atoms with E-state index in [0.29, 0.717) is 11.6 Å².